The maximum Gasteiger partial charge on any atom is 0.198 e. The van der Waals surface area contributed by atoms with Gasteiger partial charge in [0.1, 0.15) is 5.52 Å². The molecule has 0 unspecified atom stereocenters. The first-order valence-electron chi connectivity index (χ1n) is 4.67. The number of rotatable bonds is 2. The summed E-state index contributed by atoms with van der Waals surface area (Å²) < 4.78 is 5.50. The van der Waals surface area contributed by atoms with E-state index in [0.717, 1.165) is 0 Å². The van der Waals surface area contributed by atoms with Crippen molar-refractivity contribution in [1.82, 2.24) is 4.98 Å². The molecule has 0 saturated carbocycles. The second-order valence-electron chi connectivity index (χ2n) is 3.67. The first-order chi connectivity index (χ1) is 7.11. The molecule has 3 nitrogen and oxygen atoms in total. The van der Waals surface area contributed by atoms with Gasteiger partial charge in [-0.3, -0.25) is 4.79 Å². The van der Waals surface area contributed by atoms with E-state index in [1.165, 1.54) is 0 Å². The minimum absolute atomic E-state index is 0.218. The first-order valence-corrected chi connectivity index (χ1v) is 5.04. The highest BCUT2D eigenvalue weighted by molar-refractivity contribution is 6.33. The Morgan fingerprint density at radius 3 is 2.80 bits per heavy atom. The summed E-state index contributed by atoms with van der Waals surface area (Å²) in [5.41, 5.74) is 1.73. The third-order valence-electron chi connectivity index (χ3n) is 2.14. The molecule has 0 amide bonds. The molecule has 1 aromatic heterocycles. The van der Waals surface area contributed by atoms with Gasteiger partial charge in [0, 0.05) is 17.5 Å². The van der Waals surface area contributed by atoms with E-state index in [2.05, 4.69) is 4.98 Å². The average molecular weight is 224 g/mol. The van der Waals surface area contributed by atoms with Crippen molar-refractivity contribution >= 4 is 29.0 Å². The van der Waals surface area contributed by atoms with Crippen molar-refractivity contribution in [1.29, 1.82) is 0 Å². The number of benzene rings is 1. The standard InChI is InChI=1S/C11H10ClNO2/c1-6(2)11-13-9-3-7(5-14)8(12)4-10(9)15-11/h3-6H,1-2H3. The quantitative estimate of drug-likeness (QED) is 0.733. The van der Waals surface area contributed by atoms with Gasteiger partial charge < -0.3 is 4.42 Å². The molecule has 15 heavy (non-hydrogen) atoms. The zero-order valence-corrected chi connectivity index (χ0v) is 9.21. The average Bonchev–Trinajstić information content (AvgIpc) is 2.59. The molecule has 0 aliphatic heterocycles. The van der Waals surface area contributed by atoms with Crippen LogP contribution in [-0.2, 0) is 0 Å². The summed E-state index contributed by atoms with van der Waals surface area (Å²) in [5.74, 6) is 0.875. The molecular weight excluding hydrogens is 214 g/mol. The Balaban J connectivity index is 2.66. The molecule has 78 valence electrons. The lowest BCUT2D eigenvalue weighted by molar-refractivity contribution is 0.112. The molecule has 0 N–H and O–H groups in total. The second kappa shape index (κ2) is 3.66. The van der Waals surface area contributed by atoms with Crippen LogP contribution in [0, 0.1) is 0 Å². The summed E-state index contributed by atoms with van der Waals surface area (Å²) in [7, 11) is 0. The monoisotopic (exact) mass is 223 g/mol. The molecule has 1 heterocycles. The van der Waals surface area contributed by atoms with Gasteiger partial charge in [-0.15, -0.1) is 0 Å². The second-order valence-corrected chi connectivity index (χ2v) is 4.07. The smallest absolute Gasteiger partial charge is 0.198 e. The lowest BCUT2D eigenvalue weighted by Crippen LogP contribution is -1.85. The number of oxazole rings is 1. The van der Waals surface area contributed by atoms with Gasteiger partial charge in [-0.1, -0.05) is 25.4 Å². The molecule has 0 radical (unpaired) electrons. The van der Waals surface area contributed by atoms with Gasteiger partial charge >= 0.3 is 0 Å². The summed E-state index contributed by atoms with van der Waals surface area (Å²) >= 11 is 5.87. The van der Waals surface area contributed by atoms with E-state index < -0.39 is 0 Å². The van der Waals surface area contributed by atoms with Crippen molar-refractivity contribution in [2.75, 3.05) is 0 Å². The van der Waals surface area contributed by atoms with Crippen molar-refractivity contribution in [3.63, 3.8) is 0 Å². The Morgan fingerprint density at radius 2 is 2.20 bits per heavy atom. The molecule has 0 spiro atoms. The normalized spacial score (nSPS) is 11.2. The van der Waals surface area contributed by atoms with Crippen molar-refractivity contribution < 1.29 is 9.21 Å². The zero-order chi connectivity index (χ0) is 11.0. The molecule has 4 heteroatoms. The van der Waals surface area contributed by atoms with Gasteiger partial charge in [0.15, 0.2) is 17.8 Å². The van der Waals surface area contributed by atoms with Crippen LogP contribution in [0.2, 0.25) is 5.02 Å². The van der Waals surface area contributed by atoms with Crippen molar-refractivity contribution in [2.24, 2.45) is 0 Å². The summed E-state index contributed by atoms with van der Waals surface area (Å²) in [6.45, 7) is 3.99. The molecule has 0 fully saturated rings. The Labute approximate surface area is 92.1 Å². The van der Waals surface area contributed by atoms with E-state index in [0.29, 0.717) is 33.9 Å². The predicted molar refractivity (Wildman–Crippen MR) is 58.5 cm³/mol. The van der Waals surface area contributed by atoms with Crippen LogP contribution in [0.5, 0.6) is 0 Å². The lowest BCUT2D eigenvalue weighted by Gasteiger charge is -1.94. The maximum atomic E-state index is 10.7. The number of carbonyl (C=O) groups is 1. The number of nitrogens with zero attached hydrogens (tertiary/aromatic N) is 1. The molecule has 0 saturated heterocycles. The molecule has 0 aliphatic carbocycles. The fraction of sp³-hybridized carbons (Fsp3) is 0.273. The predicted octanol–water partition coefficient (Wildman–Crippen LogP) is 3.42. The Morgan fingerprint density at radius 1 is 1.47 bits per heavy atom. The van der Waals surface area contributed by atoms with Gasteiger partial charge in [0.25, 0.3) is 0 Å². The van der Waals surface area contributed by atoms with Crippen LogP contribution < -0.4 is 0 Å². The lowest BCUT2D eigenvalue weighted by atomic mass is 10.2. The van der Waals surface area contributed by atoms with Gasteiger partial charge in [0.2, 0.25) is 0 Å². The van der Waals surface area contributed by atoms with Gasteiger partial charge in [-0.05, 0) is 6.07 Å². The molecular formula is C11H10ClNO2. The molecule has 0 aliphatic rings. The van der Waals surface area contributed by atoms with Crippen LogP contribution in [0.3, 0.4) is 0 Å². The number of fused-ring (bicyclic) bond motifs is 1. The largest absolute Gasteiger partial charge is 0.440 e. The molecule has 2 rings (SSSR count). The SMILES string of the molecule is CC(C)c1nc2cc(C=O)c(Cl)cc2o1. The number of carbonyl (C=O) groups excluding carboxylic acids is 1. The topological polar surface area (TPSA) is 43.1 Å². The van der Waals surface area contributed by atoms with Crippen molar-refractivity contribution in [3.05, 3.63) is 28.6 Å². The van der Waals surface area contributed by atoms with Crippen LogP contribution in [0.15, 0.2) is 16.5 Å². The number of hydrogen-bond donors (Lipinski definition) is 0. The highest BCUT2D eigenvalue weighted by Crippen LogP contribution is 2.26. The van der Waals surface area contributed by atoms with Crippen LogP contribution in [0.1, 0.15) is 36.0 Å². The van der Waals surface area contributed by atoms with Crippen LogP contribution in [0.25, 0.3) is 11.1 Å². The van der Waals surface area contributed by atoms with E-state index in [9.17, 15) is 4.79 Å². The number of hydrogen-bond acceptors (Lipinski definition) is 3. The molecule has 0 bridgehead atoms. The molecule has 1 aromatic carbocycles. The Hall–Kier alpha value is -1.35. The summed E-state index contributed by atoms with van der Waals surface area (Å²) in [6, 6.07) is 3.26. The van der Waals surface area contributed by atoms with E-state index in [1.54, 1.807) is 12.1 Å². The van der Waals surface area contributed by atoms with Crippen LogP contribution in [-0.4, -0.2) is 11.3 Å². The van der Waals surface area contributed by atoms with Gasteiger partial charge in [-0.25, -0.2) is 4.98 Å². The highest BCUT2D eigenvalue weighted by Gasteiger charge is 2.11. The fourth-order valence-corrected chi connectivity index (χ4v) is 1.52. The maximum absolute atomic E-state index is 10.7. The number of halogens is 1. The first kappa shape index (κ1) is 10.2. The van der Waals surface area contributed by atoms with Crippen molar-refractivity contribution in [3.8, 4) is 0 Å². The van der Waals surface area contributed by atoms with E-state index in [-0.39, 0.29) is 5.92 Å². The Kier molecular flexibility index (Phi) is 2.49. The van der Waals surface area contributed by atoms with E-state index in [4.69, 9.17) is 16.0 Å². The Bertz CT molecular complexity index is 517. The number of aldehydes is 1. The zero-order valence-electron chi connectivity index (χ0n) is 8.45. The highest BCUT2D eigenvalue weighted by atomic mass is 35.5. The minimum atomic E-state index is 0.218. The van der Waals surface area contributed by atoms with Crippen molar-refractivity contribution in [2.45, 2.75) is 19.8 Å². The van der Waals surface area contributed by atoms with Gasteiger partial charge in [-0.2, -0.15) is 0 Å². The minimum Gasteiger partial charge on any atom is -0.440 e. The third kappa shape index (κ3) is 1.75. The third-order valence-corrected chi connectivity index (χ3v) is 2.47. The summed E-state index contributed by atoms with van der Waals surface area (Å²) in [5, 5.41) is 0.393. The summed E-state index contributed by atoms with van der Waals surface area (Å²) in [6.07, 6.45) is 0.714. The molecule has 0 atom stereocenters. The molecule has 2 aromatic rings. The number of aromatic nitrogens is 1. The summed E-state index contributed by atoms with van der Waals surface area (Å²) in [4.78, 5) is 14.9. The fourth-order valence-electron chi connectivity index (χ4n) is 1.32. The van der Waals surface area contributed by atoms with Crippen LogP contribution >= 0.6 is 11.6 Å². The van der Waals surface area contributed by atoms with Gasteiger partial charge in [0.05, 0.1) is 5.02 Å². The van der Waals surface area contributed by atoms with E-state index in [1.807, 2.05) is 13.8 Å². The van der Waals surface area contributed by atoms with E-state index >= 15 is 0 Å². The van der Waals surface area contributed by atoms with Crippen LogP contribution in [0.4, 0.5) is 0 Å².